The highest BCUT2D eigenvalue weighted by Gasteiger charge is 2.40. The molecule has 1 unspecified atom stereocenters. The van der Waals surface area contributed by atoms with Gasteiger partial charge in [0.25, 0.3) is 5.91 Å². The van der Waals surface area contributed by atoms with E-state index in [2.05, 4.69) is 16.3 Å². The Bertz CT molecular complexity index is 1160. The molecule has 0 bridgehead atoms. The van der Waals surface area contributed by atoms with Gasteiger partial charge in [-0.3, -0.25) is 9.89 Å². The predicted octanol–water partition coefficient (Wildman–Crippen LogP) is 4.25. The Morgan fingerprint density at radius 2 is 2.00 bits per heavy atom. The summed E-state index contributed by atoms with van der Waals surface area (Å²) in [6.07, 6.45) is 6.23. The molecule has 30 heavy (non-hydrogen) atoms. The molecule has 0 spiro atoms. The molecule has 2 aromatic carbocycles. The van der Waals surface area contributed by atoms with Crippen molar-refractivity contribution in [3.63, 3.8) is 0 Å². The summed E-state index contributed by atoms with van der Waals surface area (Å²) >= 11 is 0. The first kappa shape index (κ1) is 18.6. The number of fused-ring (bicyclic) bond motifs is 1. The van der Waals surface area contributed by atoms with E-state index in [1.54, 1.807) is 30.3 Å². The number of rotatable bonds is 4. The fraction of sp³-hybridized carbons (Fsp3) is 0.292. The van der Waals surface area contributed by atoms with Crippen molar-refractivity contribution in [2.45, 2.75) is 44.2 Å². The van der Waals surface area contributed by atoms with E-state index in [9.17, 15) is 10.1 Å². The average Bonchev–Trinajstić information content (AvgIpc) is 3.49. The zero-order valence-electron chi connectivity index (χ0n) is 16.4. The van der Waals surface area contributed by atoms with E-state index >= 15 is 4.39 Å². The number of nitrogens with zero attached hydrogens (tertiary/aromatic N) is 3. The van der Waals surface area contributed by atoms with Gasteiger partial charge in [0.15, 0.2) is 0 Å². The van der Waals surface area contributed by atoms with Gasteiger partial charge in [0.1, 0.15) is 5.82 Å². The van der Waals surface area contributed by atoms with Gasteiger partial charge >= 0.3 is 0 Å². The minimum atomic E-state index is -0.546. The van der Waals surface area contributed by atoms with Gasteiger partial charge in [0, 0.05) is 17.8 Å². The Kier molecular flexibility index (Phi) is 4.59. The van der Waals surface area contributed by atoms with Gasteiger partial charge < -0.3 is 4.90 Å². The number of aromatic amines is 1. The normalized spacial score (nSPS) is 17.8. The van der Waals surface area contributed by atoms with Gasteiger partial charge in [0.2, 0.25) is 0 Å². The van der Waals surface area contributed by atoms with Crippen LogP contribution in [0.2, 0.25) is 0 Å². The third-order valence-corrected chi connectivity index (χ3v) is 6.12. The Morgan fingerprint density at radius 3 is 2.77 bits per heavy atom. The number of hydrogen-bond acceptors (Lipinski definition) is 3. The highest BCUT2D eigenvalue weighted by Crippen LogP contribution is 2.35. The molecule has 0 saturated heterocycles. The first-order valence-electron chi connectivity index (χ1n) is 10.3. The van der Waals surface area contributed by atoms with Crippen LogP contribution in [0.4, 0.5) is 4.39 Å². The minimum absolute atomic E-state index is 0.0634. The molecule has 1 atom stereocenters. The topological polar surface area (TPSA) is 72.8 Å². The van der Waals surface area contributed by atoms with E-state index in [-0.39, 0.29) is 23.6 Å². The van der Waals surface area contributed by atoms with Gasteiger partial charge in [-0.15, -0.1) is 0 Å². The maximum atomic E-state index is 15.1. The van der Waals surface area contributed by atoms with Crippen LogP contribution in [0.1, 0.15) is 46.4 Å². The lowest BCUT2D eigenvalue weighted by Gasteiger charge is -2.34. The van der Waals surface area contributed by atoms with Crippen molar-refractivity contribution in [1.29, 1.82) is 5.26 Å². The molecule has 1 heterocycles. The highest BCUT2D eigenvalue weighted by molar-refractivity contribution is 5.96. The first-order chi connectivity index (χ1) is 14.7. The number of aryl methyl sites for hydroxylation is 1. The van der Waals surface area contributed by atoms with Gasteiger partial charge in [0.05, 0.1) is 23.4 Å². The third-order valence-electron chi connectivity index (χ3n) is 6.12. The summed E-state index contributed by atoms with van der Waals surface area (Å²) < 4.78 is 15.1. The molecular formula is C24H21FN4O. The second-order valence-electron chi connectivity index (χ2n) is 8.07. The van der Waals surface area contributed by atoms with E-state index in [1.807, 2.05) is 17.2 Å². The van der Waals surface area contributed by atoms with Crippen molar-refractivity contribution in [2.75, 3.05) is 0 Å². The van der Waals surface area contributed by atoms with E-state index < -0.39 is 5.82 Å². The monoisotopic (exact) mass is 400 g/mol. The van der Waals surface area contributed by atoms with Crippen molar-refractivity contribution < 1.29 is 9.18 Å². The Hall–Kier alpha value is -3.46. The molecule has 1 aromatic heterocycles. The molecule has 5 nitrogen and oxygen atoms in total. The first-order valence-corrected chi connectivity index (χ1v) is 10.3. The molecule has 6 heteroatoms. The van der Waals surface area contributed by atoms with Crippen molar-refractivity contribution >= 4 is 5.91 Å². The van der Waals surface area contributed by atoms with Gasteiger partial charge in [-0.2, -0.15) is 10.4 Å². The number of nitrogens with one attached hydrogen (secondary N) is 1. The summed E-state index contributed by atoms with van der Waals surface area (Å²) in [5.74, 6) is -0.789. The maximum Gasteiger partial charge on any atom is 0.257 e. The summed E-state index contributed by atoms with van der Waals surface area (Å²) in [6, 6.07) is 14.1. The number of amides is 1. The summed E-state index contributed by atoms with van der Waals surface area (Å²) in [6.45, 7) is 0. The summed E-state index contributed by atoms with van der Waals surface area (Å²) in [4.78, 5) is 15.3. The predicted molar refractivity (Wildman–Crippen MR) is 110 cm³/mol. The smallest absolute Gasteiger partial charge is 0.257 e. The fourth-order valence-electron chi connectivity index (χ4n) is 4.44. The number of nitriles is 1. The van der Waals surface area contributed by atoms with Gasteiger partial charge in [-0.05, 0) is 67.0 Å². The largest absolute Gasteiger partial charge is 0.332 e. The van der Waals surface area contributed by atoms with Crippen LogP contribution < -0.4 is 0 Å². The zero-order chi connectivity index (χ0) is 20.7. The minimum Gasteiger partial charge on any atom is -0.332 e. The van der Waals surface area contributed by atoms with Crippen molar-refractivity contribution in [2.24, 2.45) is 0 Å². The number of carbonyl (C=O) groups excluding carboxylic acids is 1. The van der Waals surface area contributed by atoms with Crippen molar-refractivity contribution in [3.8, 4) is 17.2 Å². The summed E-state index contributed by atoms with van der Waals surface area (Å²) in [5.41, 5.74) is 4.12. The van der Waals surface area contributed by atoms with E-state index in [1.165, 1.54) is 6.07 Å². The molecule has 1 amide bonds. The molecule has 1 fully saturated rings. The van der Waals surface area contributed by atoms with Crippen LogP contribution in [0, 0.1) is 17.1 Å². The van der Waals surface area contributed by atoms with Crippen LogP contribution in [0.25, 0.3) is 11.1 Å². The fourth-order valence-corrected chi connectivity index (χ4v) is 4.44. The second-order valence-corrected chi connectivity index (χ2v) is 8.07. The summed E-state index contributed by atoms with van der Waals surface area (Å²) in [5, 5.41) is 16.5. The van der Waals surface area contributed by atoms with E-state index in [4.69, 9.17) is 0 Å². The number of H-pyrrole nitrogens is 1. The van der Waals surface area contributed by atoms with Crippen LogP contribution in [0.15, 0.2) is 48.7 Å². The molecule has 0 radical (unpaired) electrons. The third kappa shape index (κ3) is 3.26. The molecule has 3 aromatic rings. The lowest BCUT2D eigenvalue weighted by Crippen LogP contribution is -2.45. The second kappa shape index (κ2) is 7.42. The number of benzene rings is 2. The standard InChI is InChI=1S/C24H21FN4O/c25-22-12-15(20-4-2-1-3-16(20)13-26)5-9-21(22)24(30)29(18-6-7-18)19-8-10-23-17(11-19)14-27-28-23/h1-5,9,12,14,18-19H,6-8,10-11H2,(H,27,28). The Morgan fingerprint density at radius 1 is 1.17 bits per heavy atom. The molecule has 2 aliphatic carbocycles. The van der Waals surface area contributed by atoms with Crippen LogP contribution in [0.5, 0.6) is 0 Å². The van der Waals surface area contributed by atoms with Crippen molar-refractivity contribution in [1.82, 2.24) is 15.1 Å². The molecule has 1 saturated carbocycles. The number of aromatic nitrogens is 2. The van der Waals surface area contributed by atoms with Crippen LogP contribution in [-0.2, 0) is 12.8 Å². The molecule has 5 rings (SSSR count). The molecular weight excluding hydrogens is 379 g/mol. The Balaban J connectivity index is 1.44. The molecule has 1 N–H and O–H groups in total. The molecule has 0 aliphatic heterocycles. The lowest BCUT2D eigenvalue weighted by molar-refractivity contribution is 0.0638. The maximum absolute atomic E-state index is 15.1. The Labute approximate surface area is 174 Å². The van der Waals surface area contributed by atoms with Gasteiger partial charge in [-0.1, -0.05) is 24.3 Å². The number of hydrogen-bond donors (Lipinski definition) is 1. The van der Waals surface area contributed by atoms with Gasteiger partial charge in [-0.25, -0.2) is 4.39 Å². The quantitative estimate of drug-likeness (QED) is 0.712. The average molecular weight is 400 g/mol. The zero-order valence-corrected chi connectivity index (χ0v) is 16.4. The summed E-state index contributed by atoms with van der Waals surface area (Å²) in [7, 11) is 0. The lowest BCUT2D eigenvalue weighted by atomic mass is 9.91. The molecule has 2 aliphatic rings. The van der Waals surface area contributed by atoms with Crippen LogP contribution in [-0.4, -0.2) is 33.1 Å². The highest BCUT2D eigenvalue weighted by atomic mass is 19.1. The van der Waals surface area contributed by atoms with Crippen molar-refractivity contribution in [3.05, 3.63) is 76.9 Å². The SMILES string of the molecule is N#Cc1ccccc1-c1ccc(C(=O)N(C2CC2)C2CCc3[nH]ncc3C2)c(F)c1. The van der Waals surface area contributed by atoms with Crippen LogP contribution in [0.3, 0.4) is 0 Å². The van der Waals surface area contributed by atoms with E-state index in [0.717, 1.165) is 43.4 Å². The number of halogens is 1. The molecule has 150 valence electrons. The van der Waals surface area contributed by atoms with Crippen LogP contribution >= 0.6 is 0 Å². The number of carbonyl (C=O) groups is 1. The van der Waals surface area contributed by atoms with E-state index in [0.29, 0.717) is 16.7 Å².